The van der Waals surface area contributed by atoms with Crippen LogP contribution in [0.1, 0.15) is 0 Å². The first-order chi connectivity index (χ1) is 8.04. The van der Waals surface area contributed by atoms with Gasteiger partial charge in [-0.15, -0.1) is 13.2 Å². The largest absolute Gasteiger partial charge is 0.574 e. The molecule has 102 valence electrons. The minimum Gasteiger partial charge on any atom is -0.480 e. The highest BCUT2D eigenvalue weighted by molar-refractivity contribution is 14.1. The van der Waals surface area contributed by atoms with Gasteiger partial charge in [0.1, 0.15) is 0 Å². The molecule has 0 radical (unpaired) electrons. The van der Waals surface area contributed by atoms with Crippen molar-refractivity contribution in [3.8, 4) is 11.8 Å². The first-order valence-electron chi connectivity index (χ1n) is 3.99. The van der Waals surface area contributed by atoms with Crippen LogP contribution >= 0.6 is 33.3 Å². The summed E-state index contributed by atoms with van der Waals surface area (Å²) < 4.78 is 66.4. The number of rotatable bonds is 3. The molecule has 0 aliphatic rings. The fourth-order valence-electron chi connectivity index (χ4n) is 0.989. The number of nitrogens with zero attached hydrogens (tertiary/aromatic N) is 1. The fourth-order valence-corrected chi connectivity index (χ4v) is 3.82. The third kappa shape index (κ3) is 4.02. The number of pyridine rings is 1. The first-order valence-corrected chi connectivity index (χ1v) is 7.38. The monoisotopic (exact) mass is 417 g/mol. The Morgan fingerprint density at radius 2 is 2.00 bits per heavy atom. The van der Waals surface area contributed by atoms with Gasteiger partial charge >= 0.3 is 6.36 Å². The molecular weight excluding hydrogens is 413 g/mol. The average Bonchev–Trinajstić information content (AvgIpc) is 2.11. The zero-order valence-electron chi connectivity index (χ0n) is 8.46. The first kappa shape index (κ1) is 15.6. The number of alkyl halides is 3. The number of aromatic nitrogens is 1. The molecule has 0 aliphatic heterocycles. The highest BCUT2D eigenvalue weighted by atomic mass is 127. The zero-order valence-corrected chi connectivity index (χ0v) is 12.2. The summed E-state index contributed by atoms with van der Waals surface area (Å²) in [4.78, 5) is 2.76. The van der Waals surface area contributed by atoms with Gasteiger partial charge in [0, 0.05) is 20.3 Å². The SMILES string of the molecule is COc1nc(OC(F)(F)F)cc(I)c1S(=O)(=O)Cl. The quantitative estimate of drug-likeness (QED) is 0.559. The summed E-state index contributed by atoms with van der Waals surface area (Å²) in [5.41, 5.74) is 0. The molecule has 0 aliphatic carbocycles. The summed E-state index contributed by atoms with van der Waals surface area (Å²) in [5, 5.41) is 0. The molecule has 18 heavy (non-hydrogen) atoms. The van der Waals surface area contributed by atoms with Crippen molar-refractivity contribution in [2.45, 2.75) is 11.3 Å². The second kappa shape index (κ2) is 5.25. The fraction of sp³-hybridized carbons (Fsp3) is 0.286. The van der Waals surface area contributed by atoms with Gasteiger partial charge in [-0.3, -0.25) is 0 Å². The molecule has 5 nitrogen and oxygen atoms in total. The van der Waals surface area contributed by atoms with Crippen molar-refractivity contribution in [3.63, 3.8) is 0 Å². The molecule has 1 aromatic heterocycles. The van der Waals surface area contributed by atoms with Crippen molar-refractivity contribution in [2.24, 2.45) is 0 Å². The maximum absolute atomic E-state index is 12.0. The molecule has 1 rings (SSSR count). The number of hydrogen-bond acceptors (Lipinski definition) is 5. The molecule has 0 unspecified atom stereocenters. The standard InChI is InChI=1S/C7H4ClF3INO4S/c1-16-6-5(18(8,14)15)3(12)2-4(13-6)17-7(9,10)11/h2H,1H3. The van der Waals surface area contributed by atoms with Crippen LogP contribution in [0.3, 0.4) is 0 Å². The summed E-state index contributed by atoms with van der Waals surface area (Å²) in [6, 6.07) is 0.784. The van der Waals surface area contributed by atoms with Gasteiger partial charge in [-0.25, -0.2) is 8.42 Å². The van der Waals surface area contributed by atoms with E-state index in [-0.39, 0.29) is 3.57 Å². The molecule has 0 saturated carbocycles. The van der Waals surface area contributed by atoms with Crippen LogP contribution in [0.2, 0.25) is 0 Å². The van der Waals surface area contributed by atoms with E-state index in [0.717, 1.165) is 13.2 Å². The maximum Gasteiger partial charge on any atom is 0.574 e. The van der Waals surface area contributed by atoms with Gasteiger partial charge in [-0.2, -0.15) is 4.98 Å². The van der Waals surface area contributed by atoms with Crippen LogP contribution < -0.4 is 9.47 Å². The highest BCUT2D eigenvalue weighted by Gasteiger charge is 2.33. The predicted octanol–water partition coefficient (Wildman–Crippen LogP) is 2.52. The normalized spacial score (nSPS) is 12.3. The van der Waals surface area contributed by atoms with Crippen molar-refractivity contribution in [1.82, 2.24) is 4.98 Å². The Hall–Kier alpha value is -0.490. The number of ether oxygens (including phenoxy) is 2. The molecular formula is C7H4ClF3INO4S. The van der Waals surface area contributed by atoms with Crippen LogP contribution in [0.15, 0.2) is 11.0 Å². The molecule has 1 aromatic rings. The minimum absolute atomic E-state index is 0.103. The molecule has 0 aromatic carbocycles. The smallest absolute Gasteiger partial charge is 0.480 e. The second-order valence-electron chi connectivity index (χ2n) is 2.77. The van der Waals surface area contributed by atoms with Crippen LogP contribution in [0.25, 0.3) is 0 Å². The minimum atomic E-state index is -4.94. The van der Waals surface area contributed by atoms with Crippen molar-refractivity contribution < 1.29 is 31.1 Å². The summed E-state index contributed by atoms with van der Waals surface area (Å²) in [6.45, 7) is 0. The van der Waals surface area contributed by atoms with Gasteiger partial charge in [0.15, 0.2) is 4.90 Å². The van der Waals surface area contributed by atoms with Crippen molar-refractivity contribution in [1.29, 1.82) is 0 Å². The molecule has 0 amide bonds. The Morgan fingerprint density at radius 1 is 1.44 bits per heavy atom. The zero-order chi connectivity index (χ0) is 14.1. The van der Waals surface area contributed by atoms with Crippen LogP contribution in [0.5, 0.6) is 11.8 Å². The Labute approximate surface area is 118 Å². The molecule has 0 saturated heterocycles. The van der Waals surface area contributed by atoms with Gasteiger partial charge < -0.3 is 9.47 Å². The van der Waals surface area contributed by atoms with E-state index >= 15 is 0 Å². The van der Waals surface area contributed by atoms with E-state index in [0.29, 0.717) is 0 Å². The lowest BCUT2D eigenvalue weighted by molar-refractivity contribution is -0.276. The van der Waals surface area contributed by atoms with E-state index in [4.69, 9.17) is 10.7 Å². The van der Waals surface area contributed by atoms with Gasteiger partial charge in [-0.1, -0.05) is 0 Å². The molecule has 0 bridgehead atoms. The van der Waals surface area contributed by atoms with Gasteiger partial charge in [-0.05, 0) is 22.6 Å². The summed E-state index contributed by atoms with van der Waals surface area (Å²) in [5.74, 6) is -1.41. The van der Waals surface area contributed by atoms with Crippen LogP contribution in [-0.4, -0.2) is 26.9 Å². The second-order valence-corrected chi connectivity index (χ2v) is 6.43. The lowest BCUT2D eigenvalue weighted by Gasteiger charge is -2.11. The summed E-state index contributed by atoms with van der Waals surface area (Å²) in [7, 11) is 1.96. The van der Waals surface area contributed by atoms with Crippen LogP contribution in [0.4, 0.5) is 13.2 Å². The number of halogens is 5. The van der Waals surface area contributed by atoms with Gasteiger partial charge in [0.2, 0.25) is 11.8 Å². The highest BCUT2D eigenvalue weighted by Crippen LogP contribution is 2.34. The summed E-state index contributed by atoms with van der Waals surface area (Å²) >= 11 is 1.48. The molecule has 1 heterocycles. The van der Waals surface area contributed by atoms with E-state index in [1.165, 1.54) is 22.6 Å². The number of methoxy groups -OCH3 is 1. The molecule has 0 spiro atoms. The predicted molar refractivity (Wildman–Crippen MR) is 63.2 cm³/mol. The topological polar surface area (TPSA) is 65.5 Å². The summed E-state index contributed by atoms with van der Waals surface area (Å²) in [6.07, 6.45) is -4.94. The third-order valence-corrected chi connectivity index (χ3v) is 4.09. The van der Waals surface area contributed by atoms with Crippen molar-refractivity contribution in [2.75, 3.05) is 7.11 Å². The Kier molecular flexibility index (Phi) is 4.54. The lowest BCUT2D eigenvalue weighted by Crippen LogP contribution is -2.18. The van der Waals surface area contributed by atoms with E-state index < -0.39 is 32.1 Å². The van der Waals surface area contributed by atoms with Crippen LogP contribution in [-0.2, 0) is 9.05 Å². The maximum atomic E-state index is 12.0. The molecule has 0 fully saturated rings. The van der Waals surface area contributed by atoms with Crippen molar-refractivity contribution >= 4 is 42.3 Å². The lowest BCUT2D eigenvalue weighted by atomic mass is 10.4. The Balaban J connectivity index is 3.37. The third-order valence-electron chi connectivity index (χ3n) is 1.53. The average molecular weight is 418 g/mol. The molecule has 11 heteroatoms. The van der Waals surface area contributed by atoms with Crippen LogP contribution in [0, 0.1) is 3.57 Å². The number of hydrogen-bond donors (Lipinski definition) is 0. The Bertz CT molecular complexity index is 563. The van der Waals surface area contributed by atoms with E-state index in [2.05, 4.69) is 14.5 Å². The van der Waals surface area contributed by atoms with E-state index in [9.17, 15) is 21.6 Å². The van der Waals surface area contributed by atoms with E-state index in [1.807, 2.05) is 0 Å². The van der Waals surface area contributed by atoms with E-state index in [1.54, 1.807) is 0 Å². The van der Waals surface area contributed by atoms with Crippen molar-refractivity contribution in [3.05, 3.63) is 9.64 Å². The molecule has 0 atom stereocenters. The van der Waals surface area contributed by atoms with Gasteiger partial charge in [0.25, 0.3) is 9.05 Å². The van der Waals surface area contributed by atoms with Gasteiger partial charge in [0.05, 0.1) is 7.11 Å². The molecule has 0 N–H and O–H groups in total. The Morgan fingerprint density at radius 3 is 2.39 bits per heavy atom.